The van der Waals surface area contributed by atoms with E-state index in [1.807, 2.05) is 12.1 Å². The average molecular weight is 290 g/mol. The van der Waals surface area contributed by atoms with Gasteiger partial charge in [0.2, 0.25) is 0 Å². The highest BCUT2D eigenvalue weighted by atomic mass is 16.5. The number of benzene rings is 2. The molecule has 1 unspecified atom stereocenters. The maximum atomic E-state index is 5.26. The highest BCUT2D eigenvalue weighted by molar-refractivity contribution is 5.77. The molecule has 2 aliphatic carbocycles. The molecular formula is C21H22O. The summed E-state index contributed by atoms with van der Waals surface area (Å²) in [5.41, 5.74) is 7.24. The zero-order valence-electron chi connectivity index (χ0n) is 13.1. The van der Waals surface area contributed by atoms with Crippen LogP contribution in [0.4, 0.5) is 0 Å². The fourth-order valence-electron chi connectivity index (χ4n) is 3.96. The number of fused-ring (bicyclic) bond motifs is 3. The molecule has 0 spiro atoms. The summed E-state index contributed by atoms with van der Waals surface area (Å²) < 4.78 is 5.26. The molecule has 2 aliphatic rings. The van der Waals surface area contributed by atoms with Crippen molar-refractivity contribution in [2.24, 2.45) is 5.92 Å². The van der Waals surface area contributed by atoms with E-state index < -0.39 is 0 Å². The quantitative estimate of drug-likeness (QED) is 0.710. The molecule has 0 heterocycles. The molecule has 1 atom stereocenters. The van der Waals surface area contributed by atoms with E-state index in [2.05, 4.69) is 36.4 Å². The molecule has 0 bridgehead atoms. The van der Waals surface area contributed by atoms with Crippen LogP contribution in [0.15, 0.2) is 48.5 Å². The first-order chi connectivity index (χ1) is 10.8. The van der Waals surface area contributed by atoms with Crippen molar-refractivity contribution in [2.75, 3.05) is 7.11 Å². The lowest BCUT2D eigenvalue weighted by molar-refractivity contribution is 0.415. The molecule has 22 heavy (non-hydrogen) atoms. The van der Waals surface area contributed by atoms with E-state index in [0.717, 1.165) is 11.7 Å². The van der Waals surface area contributed by atoms with Crippen LogP contribution in [0.2, 0.25) is 0 Å². The summed E-state index contributed by atoms with van der Waals surface area (Å²) in [7, 11) is 1.71. The van der Waals surface area contributed by atoms with E-state index >= 15 is 0 Å². The number of rotatable bonds is 2. The average Bonchev–Trinajstić information content (AvgIpc) is 2.97. The second-order valence-electron chi connectivity index (χ2n) is 6.43. The predicted octanol–water partition coefficient (Wildman–Crippen LogP) is 5.49. The number of hydrogen-bond acceptors (Lipinski definition) is 1. The minimum atomic E-state index is 0.798. The van der Waals surface area contributed by atoms with Gasteiger partial charge in [0, 0.05) is 0 Å². The molecule has 1 nitrogen and oxygen atoms in total. The second kappa shape index (κ2) is 5.64. The topological polar surface area (TPSA) is 9.23 Å². The molecule has 0 saturated heterocycles. The Morgan fingerprint density at radius 2 is 1.77 bits per heavy atom. The molecule has 0 saturated carbocycles. The van der Waals surface area contributed by atoms with E-state index in [1.165, 1.54) is 54.4 Å². The lowest BCUT2D eigenvalue weighted by atomic mass is 9.90. The SMILES string of the molecule is COc1ccc(-c2ccc3c(c2)C2=CCCC2CCC3)cc1. The zero-order chi connectivity index (χ0) is 14.9. The van der Waals surface area contributed by atoms with Crippen LogP contribution >= 0.6 is 0 Å². The monoisotopic (exact) mass is 290 g/mol. The van der Waals surface area contributed by atoms with Gasteiger partial charge >= 0.3 is 0 Å². The minimum absolute atomic E-state index is 0.798. The van der Waals surface area contributed by atoms with Crippen LogP contribution in [-0.4, -0.2) is 7.11 Å². The largest absolute Gasteiger partial charge is 0.497 e. The van der Waals surface area contributed by atoms with Gasteiger partial charge in [-0.05, 0) is 84.0 Å². The Labute approximate surface area is 132 Å². The Morgan fingerprint density at radius 3 is 2.59 bits per heavy atom. The highest BCUT2D eigenvalue weighted by Gasteiger charge is 2.25. The Morgan fingerprint density at radius 1 is 0.955 bits per heavy atom. The molecule has 112 valence electrons. The molecule has 0 aromatic heterocycles. The number of aryl methyl sites for hydroxylation is 1. The highest BCUT2D eigenvalue weighted by Crippen LogP contribution is 2.42. The van der Waals surface area contributed by atoms with Gasteiger partial charge in [0.15, 0.2) is 0 Å². The van der Waals surface area contributed by atoms with Gasteiger partial charge in [0.1, 0.15) is 5.75 Å². The van der Waals surface area contributed by atoms with E-state index in [9.17, 15) is 0 Å². The first-order valence-electron chi connectivity index (χ1n) is 8.33. The van der Waals surface area contributed by atoms with Crippen LogP contribution in [0.25, 0.3) is 16.7 Å². The molecule has 0 N–H and O–H groups in total. The number of ether oxygens (including phenoxy) is 1. The maximum absolute atomic E-state index is 5.26. The summed E-state index contributed by atoms with van der Waals surface area (Å²) in [6.07, 6.45) is 9.00. The molecule has 1 heteroatoms. The molecule has 4 rings (SSSR count). The second-order valence-corrected chi connectivity index (χ2v) is 6.43. The summed E-state index contributed by atoms with van der Waals surface area (Å²) in [5.74, 6) is 1.71. The van der Waals surface area contributed by atoms with Crippen LogP contribution in [0.1, 0.15) is 36.8 Å². The van der Waals surface area contributed by atoms with E-state index in [0.29, 0.717) is 0 Å². The maximum Gasteiger partial charge on any atom is 0.118 e. The smallest absolute Gasteiger partial charge is 0.118 e. The van der Waals surface area contributed by atoms with Gasteiger partial charge in [0.05, 0.1) is 7.11 Å². The first-order valence-corrected chi connectivity index (χ1v) is 8.33. The summed E-state index contributed by atoms with van der Waals surface area (Å²) in [5, 5.41) is 0. The summed E-state index contributed by atoms with van der Waals surface area (Å²) in [6, 6.07) is 15.4. The predicted molar refractivity (Wildman–Crippen MR) is 92.1 cm³/mol. The third-order valence-electron chi connectivity index (χ3n) is 5.16. The van der Waals surface area contributed by atoms with E-state index in [1.54, 1.807) is 12.7 Å². The molecular weight excluding hydrogens is 268 g/mol. The molecule has 0 fully saturated rings. The van der Waals surface area contributed by atoms with Crippen LogP contribution in [0.5, 0.6) is 5.75 Å². The Balaban J connectivity index is 1.76. The van der Waals surface area contributed by atoms with Gasteiger partial charge in [-0.15, -0.1) is 0 Å². The molecule has 0 aliphatic heterocycles. The molecule has 0 radical (unpaired) electrons. The summed E-state index contributed by atoms with van der Waals surface area (Å²) in [6.45, 7) is 0. The number of hydrogen-bond donors (Lipinski definition) is 0. The van der Waals surface area contributed by atoms with Crippen molar-refractivity contribution >= 4 is 5.57 Å². The normalized spacial score (nSPS) is 19.9. The minimum Gasteiger partial charge on any atom is -0.497 e. The molecule has 2 aromatic carbocycles. The molecule has 2 aromatic rings. The lowest BCUT2D eigenvalue weighted by Gasteiger charge is -2.14. The zero-order valence-corrected chi connectivity index (χ0v) is 13.1. The van der Waals surface area contributed by atoms with Crippen molar-refractivity contribution in [3.05, 3.63) is 59.7 Å². The van der Waals surface area contributed by atoms with Crippen molar-refractivity contribution in [1.82, 2.24) is 0 Å². The Bertz CT molecular complexity index is 709. The van der Waals surface area contributed by atoms with Gasteiger partial charge in [-0.2, -0.15) is 0 Å². The molecule has 0 amide bonds. The van der Waals surface area contributed by atoms with E-state index in [-0.39, 0.29) is 0 Å². The van der Waals surface area contributed by atoms with E-state index in [4.69, 9.17) is 4.74 Å². The van der Waals surface area contributed by atoms with Gasteiger partial charge in [0.25, 0.3) is 0 Å². The van der Waals surface area contributed by atoms with Gasteiger partial charge in [-0.1, -0.05) is 30.3 Å². The van der Waals surface area contributed by atoms with Crippen LogP contribution in [-0.2, 0) is 6.42 Å². The number of allylic oxidation sites excluding steroid dienone is 2. The van der Waals surface area contributed by atoms with Crippen LogP contribution in [0.3, 0.4) is 0 Å². The van der Waals surface area contributed by atoms with Crippen molar-refractivity contribution in [3.63, 3.8) is 0 Å². The fourth-order valence-corrected chi connectivity index (χ4v) is 3.96. The summed E-state index contributed by atoms with van der Waals surface area (Å²) >= 11 is 0. The third-order valence-corrected chi connectivity index (χ3v) is 5.16. The lowest BCUT2D eigenvalue weighted by Crippen LogP contribution is -1.97. The van der Waals surface area contributed by atoms with Gasteiger partial charge in [-0.3, -0.25) is 0 Å². The van der Waals surface area contributed by atoms with Crippen molar-refractivity contribution in [2.45, 2.75) is 32.1 Å². The summed E-state index contributed by atoms with van der Waals surface area (Å²) in [4.78, 5) is 0. The Kier molecular flexibility index (Phi) is 3.49. The van der Waals surface area contributed by atoms with Gasteiger partial charge < -0.3 is 4.74 Å². The van der Waals surface area contributed by atoms with Crippen molar-refractivity contribution in [1.29, 1.82) is 0 Å². The standard InChI is InChI=1S/C21H22O/c1-22-19-12-10-15(11-13-19)18-9-8-17-5-2-4-16-6-3-7-20(16)21(17)14-18/h7-14,16H,2-6H2,1H3. The van der Waals surface area contributed by atoms with Gasteiger partial charge in [-0.25, -0.2) is 0 Å². The first kappa shape index (κ1) is 13.6. The van der Waals surface area contributed by atoms with Crippen molar-refractivity contribution in [3.8, 4) is 16.9 Å². The Hall–Kier alpha value is -2.02. The number of methoxy groups -OCH3 is 1. The van der Waals surface area contributed by atoms with Crippen LogP contribution in [0, 0.1) is 5.92 Å². The van der Waals surface area contributed by atoms with Crippen LogP contribution < -0.4 is 4.74 Å². The van der Waals surface area contributed by atoms with Crippen molar-refractivity contribution < 1.29 is 4.74 Å². The third kappa shape index (κ3) is 2.35. The fraction of sp³-hybridized carbons (Fsp3) is 0.333.